The number of carbonyl (C=O) groups is 1. The lowest BCUT2D eigenvalue weighted by Gasteiger charge is -2.36. The van der Waals surface area contributed by atoms with Crippen LogP contribution in [0.15, 0.2) is 0 Å². The Bertz CT molecular complexity index is 736. The van der Waals surface area contributed by atoms with Gasteiger partial charge in [0.2, 0.25) is 11.8 Å². The molecule has 150 valence electrons. The number of nitrogens with zero attached hydrogens (tertiary/aromatic N) is 2. The summed E-state index contributed by atoms with van der Waals surface area (Å²) in [7, 11) is 1.67. The van der Waals surface area contributed by atoms with E-state index < -0.39 is 23.9 Å². The number of aryl methyl sites for hydroxylation is 1. The van der Waals surface area contributed by atoms with E-state index in [1.54, 1.807) is 7.05 Å². The zero-order valence-corrected chi connectivity index (χ0v) is 15.2. The highest BCUT2D eigenvalue weighted by molar-refractivity contribution is 5.89. The molecule has 5 nitrogen and oxygen atoms in total. The molecule has 1 atom stereocenters. The van der Waals surface area contributed by atoms with Crippen LogP contribution < -0.4 is 10.6 Å². The topological polar surface area (TPSA) is 59.0 Å². The summed E-state index contributed by atoms with van der Waals surface area (Å²) >= 11 is 0. The normalized spacial score (nSPS) is 27.1. The van der Waals surface area contributed by atoms with E-state index in [-0.39, 0.29) is 43.9 Å². The van der Waals surface area contributed by atoms with Crippen molar-refractivity contribution in [2.75, 3.05) is 5.32 Å². The van der Waals surface area contributed by atoms with Crippen LogP contribution in [0.5, 0.6) is 0 Å². The summed E-state index contributed by atoms with van der Waals surface area (Å²) < 4.78 is 54.8. The Labute approximate surface area is 154 Å². The van der Waals surface area contributed by atoms with Crippen molar-refractivity contribution in [1.29, 1.82) is 0 Å². The number of anilines is 1. The SMILES string of the molecule is Cn1nc(C2CC(F)(F)C2)c(C2CCC2)c1NC(=O)N[C@@H]1CCC(F)(F)C1. The molecule has 1 aromatic heterocycles. The van der Waals surface area contributed by atoms with Crippen LogP contribution in [0.3, 0.4) is 0 Å². The van der Waals surface area contributed by atoms with Gasteiger partial charge >= 0.3 is 6.03 Å². The standard InChI is InChI=1S/C18H24F4N4O/c1-26-15(24-16(27)23-12-5-6-17(19,20)9-12)13(10-3-2-4-10)14(25-26)11-7-18(21,22)8-11/h10-12H,2-9H2,1H3,(H2,23,24,27)/t12-/m1/s1. The summed E-state index contributed by atoms with van der Waals surface area (Å²) in [4.78, 5) is 12.4. The van der Waals surface area contributed by atoms with E-state index in [0.29, 0.717) is 11.5 Å². The van der Waals surface area contributed by atoms with Gasteiger partial charge in [-0.1, -0.05) is 6.42 Å². The molecule has 3 saturated carbocycles. The number of amides is 2. The van der Waals surface area contributed by atoms with Gasteiger partial charge in [0.15, 0.2) is 0 Å². The number of rotatable bonds is 4. The minimum atomic E-state index is -2.73. The number of nitrogens with one attached hydrogen (secondary N) is 2. The second kappa shape index (κ2) is 6.38. The Morgan fingerprint density at radius 2 is 1.78 bits per heavy atom. The number of carbonyl (C=O) groups excluding carboxylic acids is 1. The van der Waals surface area contributed by atoms with E-state index in [1.165, 1.54) is 4.68 Å². The highest BCUT2D eigenvalue weighted by atomic mass is 19.3. The number of urea groups is 1. The molecule has 0 spiro atoms. The average Bonchev–Trinajstić information content (AvgIpc) is 2.96. The van der Waals surface area contributed by atoms with Gasteiger partial charge in [-0.25, -0.2) is 22.4 Å². The van der Waals surface area contributed by atoms with Crippen molar-refractivity contribution in [2.24, 2.45) is 7.05 Å². The first-order chi connectivity index (χ1) is 12.6. The minimum Gasteiger partial charge on any atom is -0.335 e. The molecule has 9 heteroatoms. The fraction of sp³-hybridized carbons (Fsp3) is 0.778. The molecule has 1 aromatic rings. The maximum absolute atomic E-state index is 13.3. The van der Waals surface area contributed by atoms with E-state index in [4.69, 9.17) is 0 Å². The highest BCUT2D eigenvalue weighted by Gasteiger charge is 2.49. The summed E-state index contributed by atoms with van der Waals surface area (Å²) in [5.41, 5.74) is 1.49. The van der Waals surface area contributed by atoms with Gasteiger partial charge in [0.1, 0.15) is 5.82 Å². The third-order valence-electron chi connectivity index (χ3n) is 6.07. The van der Waals surface area contributed by atoms with E-state index >= 15 is 0 Å². The Balaban J connectivity index is 1.50. The summed E-state index contributed by atoms with van der Waals surface area (Å²) in [5.74, 6) is -4.97. The first-order valence-electron chi connectivity index (χ1n) is 9.53. The summed E-state index contributed by atoms with van der Waals surface area (Å²) in [6.07, 6.45) is 2.16. The molecule has 3 fully saturated rings. The monoisotopic (exact) mass is 388 g/mol. The van der Waals surface area contributed by atoms with E-state index in [2.05, 4.69) is 15.7 Å². The first-order valence-corrected chi connectivity index (χ1v) is 9.53. The van der Waals surface area contributed by atoms with Crippen LogP contribution in [0.1, 0.15) is 74.5 Å². The zero-order chi connectivity index (χ0) is 19.4. The molecular formula is C18H24F4N4O. The molecule has 0 bridgehead atoms. The summed E-state index contributed by atoms with van der Waals surface area (Å²) in [6, 6.07) is -1.11. The molecule has 3 aliphatic carbocycles. The molecule has 0 aromatic carbocycles. The molecule has 0 aliphatic heterocycles. The lowest BCUT2D eigenvalue weighted by atomic mass is 9.73. The van der Waals surface area contributed by atoms with Gasteiger partial charge in [0, 0.05) is 50.3 Å². The van der Waals surface area contributed by atoms with Gasteiger partial charge in [0.25, 0.3) is 0 Å². The van der Waals surface area contributed by atoms with Crippen molar-refractivity contribution < 1.29 is 22.4 Å². The second-order valence-electron chi connectivity index (χ2n) is 8.25. The molecule has 2 amide bonds. The molecule has 2 N–H and O–H groups in total. The van der Waals surface area contributed by atoms with Crippen LogP contribution in [0.4, 0.5) is 28.2 Å². The number of aromatic nitrogens is 2. The predicted molar refractivity (Wildman–Crippen MR) is 91.5 cm³/mol. The zero-order valence-electron chi connectivity index (χ0n) is 15.2. The quantitative estimate of drug-likeness (QED) is 0.746. The Hall–Kier alpha value is -1.80. The molecule has 1 heterocycles. The van der Waals surface area contributed by atoms with Gasteiger partial charge in [-0.15, -0.1) is 0 Å². The lowest BCUT2D eigenvalue weighted by Crippen LogP contribution is -2.38. The van der Waals surface area contributed by atoms with Gasteiger partial charge in [0.05, 0.1) is 5.69 Å². The summed E-state index contributed by atoms with van der Waals surface area (Å²) in [5, 5.41) is 9.77. The molecule has 0 unspecified atom stereocenters. The van der Waals surface area contributed by atoms with Crippen LogP contribution in [0.25, 0.3) is 0 Å². The second-order valence-corrected chi connectivity index (χ2v) is 8.25. The van der Waals surface area contributed by atoms with Crippen molar-refractivity contribution in [3.8, 4) is 0 Å². The average molecular weight is 388 g/mol. The van der Waals surface area contributed by atoms with Crippen molar-refractivity contribution >= 4 is 11.8 Å². The number of halogens is 4. The van der Waals surface area contributed by atoms with E-state index in [1.807, 2.05) is 0 Å². The van der Waals surface area contributed by atoms with Gasteiger partial charge in [-0.2, -0.15) is 5.10 Å². The number of alkyl halides is 4. The van der Waals surface area contributed by atoms with Crippen LogP contribution in [-0.4, -0.2) is 33.7 Å². The molecule has 3 aliphatic rings. The van der Waals surface area contributed by atoms with E-state index in [0.717, 1.165) is 24.8 Å². The van der Waals surface area contributed by atoms with Crippen molar-refractivity contribution in [1.82, 2.24) is 15.1 Å². The minimum absolute atomic E-state index is 0.203. The lowest BCUT2D eigenvalue weighted by molar-refractivity contribution is -0.0879. The Kier molecular flexibility index (Phi) is 4.38. The molecule has 27 heavy (non-hydrogen) atoms. The maximum Gasteiger partial charge on any atom is 0.320 e. The fourth-order valence-corrected chi connectivity index (χ4v) is 4.37. The Morgan fingerprint density at radius 1 is 1.07 bits per heavy atom. The molecule has 0 radical (unpaired) electrons. The number of hydrogen-bond acceptors (Lipinski definition) is 2. The van der Waals surface area contributed by atoms with Crippen LogP contribution >= 0.6 is 0 Å². The third kappa shape index (κ3) is 3.65. The predicted octanol–water partition coefficient (Wildman–Crippen LogP) is 4.51. The maximum atomic E-state index is 13.3. The largest absolute Gasteiger partial charge is 0.335 e. The van der Waals surface area contributed by atoms with Crippen LogP contribution in [-0.2, 0) is 7.05 Å². The van der Waals surface area contributed by atoms with Gasteiger partial charge in [-0.05, 0) is 25.2 Å². The van der Waals surface area contributed by atoms with Crippen LogP contribution in [0.2, 0.25) is 0 Å². The van der Waals surface area contributed by atoms with Crippen LogP contribution in [0, 0.1) is 0 Å². The van der Waals surface area contributed by atoms with Crippen molar-refractivity contribution in [2.45, 2.75) is 81.1 Å². The Morgan fingerprint density at radius 3 is 2.30 bits per heavy atom. The fourth-order valence-electron chi connectivity index (χ4n) is 4.37. The molecule has 0 saturated heterocycles. The van der Waals surface area contributed by atoms with Crippen molar-refractivity contribution in [3.63, 3.8) is 0 Å². The third-order valence-corrected chi connectivity index (χ3v) is 6.07. The number of hydrogen-bond donors (Lipinski definition) is 2. The van der Waals surface area contributed by atoms with Gasteiger partial charge < -0.3 is 5.32 Å². The summed E-state index contributed by atoms with van der Waals surface area (Å²) in [6.45, 7) is 0. The van der Waals surface area contributed by atoms with Crippen molar-refractivity contribution in [3.05, 3.63) is 11.3 Å². The van der Waals surface area contributed by atoms with Gasteiger partial charge in [-0.3, -0.25) is 10.00 Å². The van der Waals surface area contributed by atoms with E-state index in [9.17, 15) is 22.4 Å². The molecule has 4 rings (SSSR count). The highest BCUT2D eigenvalue weighted by Crippen LogP contribution is 2.52. The first kappa shape index (κ1) is 18.6. The molecular weight excluding hydrogens is 364 g/mol. The smallest absolute Gasteiger partial charge is 0.320 e.